The fourth-order valence-electron chi connectivity index (χ4n) is 5.38. The fraction of sp³-hybridized carbons (Fsp3) is 0.533. The number of H-pyrrole nitrogens is 1. The molecule has 1 saturated heterocycles. The molecule has 0 bridgehead atoms. The number of fused-ring (bicyclic) bond motifs is 3. The van der Waals surface area contributed by atoms with Gasteiger partial charge in [0.05, 0.1) is 25.9 Å². The predicted molar refractivity (Wildman–Crippen MR) is 150 cm³/mol. The molecule has 3 aromatic rings. The van der Waals surface area contributed by atoms with Gasteiger partial charge in [-0.15, -0.1) is 0 Å². The van der Waals surface area contributed by atoms with Crippen molar-refractivity contribution in [3.8, 4) is 5.75 Å². The molecule has 1 fully saturated rings. The SMILES string of the molecule is C[C@@H]1Cc2c([nH]c3ccccc23)[C@@H](c2c(F)cc(OCCO[Si](C)(C)C(C)(C)C)cc2F)N1CC1(F)COC1. The minimum Gasteiger partial charge on any atom is -0.491 e. The number of ether oxygens (including phenoxy) is 2. The molecule has 0 amide bonds. The van der Waals surface area contributed by atoms with Gasteiger partial charge in [-0.05, 0) is 43.1 Å². The summed E-state index contributed by atoms with van der Waals surface area (Å²) in [6.45, 7) is 13.3. The summed E-state index contributed by atoms with van der Waals surface area (Å²) in [5.41, 5.74) is 0.955. The van der Waals surface area contributed by atoms with Gasteiger partial charge in [-0.1, -0.05) is 39.0 Å². The molecule has 1 aromatic heterocycles. The van der Waals surface area contributed by atoms with Crippen molar-refractivity contribution in [1.29, 1.82) is 0 Å². The van der Waals surface area contributed by atoms with Crippen molar-refractivity contribution in [2.45, 2.75) is 70.0 Å². The van der Waals surface area contributed by atoms with Crippen molar-refractivity contribution < 1.29 is 27.1 Å². The molecule has 0 saturated carbocycles. The molecule has 2 atom stereocenters. The van der Waals surface area contributed by atoms with Crippen LogP contribution in [0.4, 0.5) is 13.2 Å². The standard InChI is InChI=1S/C30H39F3N2O3Si/c1-19-13-22-21-9-7-8-10-25(21)34-27(22)28(35(19)16-30(33)17-36-18-30)26-23(31)14-20(15-24(26)32)37-11-12-38-39(5,6)29(2,3)4/h7-10,14-15,19,28,34H,11-13,16-18H2,1-6H3/t19-,28-/m1/s1. The first-order valence-corrected chi connectivity index (χ1v) is 16.6. The number of aromatic nitrogens is 1. The Morgan fingerprint density at radius 3 is 2.38 bits per heavy atom. The lowest BCUT2D eigenvalue weighted by molar-refractivity contribution is -0.148. The molecule has 2 aliphatic heterocycles. The van der Waals surface area contributed by atoms with Gasteiger partial charge in [-0.2, -0.15) is 0 Å². The monoisotopic (exact) mass is 560 g/mol. The first-order valence-electron chi connectivity index (χ1n) is 13.7. The molecule has 5 rings (SSSR count). The molecule has 1 N–H and O–H groups in total. The van der Waals surface area contributed by atoms with Crippen molar-refractivity contribution in [3.05, 3.63) is 64.9 Å². The van der Waals surface area contributed by atoms with E-state index in [4.69, 9.17) is 13.9 Å². The van der Waals surface area contributed by atoms with Crippen molar-refractivity contribution in [2.75, 3.05) is 33.0 Å². The maximum atomic E-state index is 15.8. The van der Waals surface area contributed by atoms with Gasteiger partial charge in [0.2, 0.25) is 0 Å². The Labute approximate surface area is 229 Å². The Kier molecular flexibility index (Phi) is 7.41. The number of hydrogen-bond donors (Lipinski definition) is 1. The Hall–Kier alpha value is -2.33. The van der Waals surface area contributed by atoms with E-state index < -0.39 is 31.7 Å². The third-order valence-electron chi connectivity index (χ3n) is 8.65. The highest BCUT2D eigenvalue weighted by atomic mass is 28.4. The van der Waals surface area contributed by atoms with Crippen LogP contribution >= 0.6 is 0 Å². The summed E-state index contributed by atoms with van der Waals surface area (Å²) in [4.78, 5) is 5.27. The third kappa shape index (κ3) is 5.38. The molecule has 5 nitrogen and oxygen atoms in total. The number of alkyl halides is 1. The van der Waals surface area contributed by atoms with Gasteiger partial charge < -0.3 is 18.9 Å². The molecule has 0 aliphatic carbocycles. The second-order valence-electron chi connectivity index (χ2n) is 12.6. The van der Waals surface area contributed by atoms with Crippen molar-refractivity contribution >= 4 is 19.2 Å². The molecule has 39 heavy (non-hydrogen) atoms. The number of benzene rings is 2. The lowest BCUT2D eigenvalue weighted by Crippen LogP contribution is -2.57. The summed E-state index contributed by atoms with van der Waals surface area (Å²) in [7, 11) is -1.95. The number of halogens is 3. The van der Waals surface area contributed by atoms with Gasteiger partial charge >= 0.3 is 0 Å². The number of aromatic amines is 1. The molecular formula is C30H39F3N2O3Si. The number of rotatable bonds is 8. The molecule has 3 heterocycles. The highest BCUT2D eigenvalue weighted by molar-refractivity contribution is 6.74. The van der Waals surface area contributed by atoms with E-state index in [2.05, 4.69) is 38.8 Å². The third-order valence-corrected chi connectivity index (χ3v) is 13.2. The summed E-state index contributed by atoms with van der Waals surface area (Å²) >= 11 is 0. The van der Waals surface area contributed by atoms with Crippen LogP contribution in [0.25, 0.3) is 10.9 Å². The van der Waals surface area contributed by atoms with Crippen molar-refractivity contribution in [1.82, 2.24) is 9.88 Å². The van der Waals surface area contributed by atoms with Crippen molar-refractivity contribution in [3.63, 3.8) is 0 Å². The molecule has 0 spiro atoms. The molecule has 0 unspecified atom stereocenters. The molecule has 0 radical (unpaired) electrons. The first kappa shape index (κ1) is 28.2. The second kappa shape index (κ2) is 10.3. The molecule has 2 aromatic carbocycles. The Bertz CT molecular complexity index is 1330. The maximum Gasteiger partial charge on any atom is 0.192 e. The number of nitrogens with zero attached hydrogens (tertiary/aromatic N) is 1. The highest BCUT2D eigenvalue weighted by Crippen LogP contribution is 2.44. The first-order chi connectivity index (χ1) is 18.3. The van der Waals surface area contributed by atoms with Crippen LogP contribution in [0.3, 0.4) is 0 Å². The van der Waals surface area contributed by atoms with Gasteiger partial charge in [0.25, 0.3) is 0 Å². The van der Waals surface area contributed by atoms with E-state index in [-0.39, 0.29) is 48.8 Å². The molecule has 9 heteroatoms. The van der Waals surface area contributed by atoms with Crippen LogP contribution in [0.2, 0.25) is 18.1 Å². The summed E-state index contributed by atoms with van der Waals surface area (Å²) in [6.07, 6.45) is 0.644. The zero-order valence-electron chi connectivity index (χ0n) is 23.7. The van der Waals surface area contributed by atoms with E-state index in [0.29, 0.717) is 18.7 Å². The van der Waals surface area contributed by atoms with E-state index in [1.165, 1.54) is 12.1 Å². The molecular weight excluding hydrogens is 521 g/mol. The van der Waals surface area contributed by atoms with E-state index in [0.717, 1.165) is 16.5 Å². The molecule has 212 valence electrons. The van der Waals surface area contributed by atoms with Crippen LogP contribution < -0.4 is 4.74 Å². The number of hydrogen-bond acceptors (Lipinski definition) is 4. The Balaban J connectivity index is 1.45. The summed E-state index contributed by atoms with van der Waals surface area (Å²) in [6, 6.07) is 9.32. The van der Waals surface area contributed by atoms with Gasteiger partial charge in [0, 0.05) is 46.9 Å². The second-order valence-corrected chi connectivity index (χ2v) is 17.4. The van der Waals surface area contributed by atoms with Crippen LogP contribution in [-0.4, -0.2) is 62.9 Å². The van der Waals surface area contributed by atoms with E-state index in [1.54, 1.807) is 0 Å². The normalized spacial score (nSPS) is 21.6. The highest BCUT2D eigenvalue weighted by Gasteiger charge is 2.47. The van der Waals surface area contributed by atoms with Crippen molar-refractivity contribution in [2.24, 2.45) is 0 Å². The molecule has 2 aliphatic rings. The van der Waals surface area contributed by atoms with E-state index in [9.17, 15) is 0 Å². The average molecular weight is 561 g/mol. The summed E-state index contributed by atoms with van der Waals surface area (Å²) < 4.78 is 64.0. The lowest BCUT2D eigenvalue weighted by Gasteiger charge is -2.46. The van der Waals surface area contributed by atoms with Gasteiger partial charge in [-0.25, -0.2) is 13.2 Å². The summed E-state index contributed by atoms with van der Waals surface area (Å²) in [5.74, 6) is -1.34. The van der Waals surface area contributed by atoms with Gasteiger partial charge in [0.15, 0.2) is 14.0 Å². The van der Waals surface area contributed by atoms with Crippen LogP contribution in [0, 0.1) is 11.6 Å². The fourth-order valence-corrected chi connectivity index (χ4v) is 6.41. The van der Waals surface area contributed by atoms with E-state index >= 15 is 13.2 Å². The largest absolute Gasteiger partial charge is 0.491 e. The predicted octanol–water partition coefficient (Wildman–Crippen LogP) is 6.92. The topological polar surface area (TPSA) is 46.7 Å². The quantitative estimate of drug-likeness (QED) is 0.240. The zero-order chi connectivity index (χ0) is 28.2. The van der Waals surface area contributed by atoms with Crippen LogP contribution in [-0.2, 0) is 15.6 Å². The Morgan fingerprint density at radius 1 is 1.10 bits per heavy atom. The maximum absolute atomic E-state index is 15.8. The van der Waals surface area contributed by atoms with Crippen LogP contribution in [0.1, 0.15) is 50.6 Å². The number of nitrogens with one attached hydrogen (secondary N) is 1. The summed E-state index contributed by atoms with van der Waals surface area (Å²) in [5, 5.41) is 1.08. The lowest BCUT2D eigenvalue weighted by atomic mass is 9.86. The smallest absolute Gasteiger partial charge is 0.192 e. The van der Waals surface area contributed by atoms with Crippen LogP contribution in [0.5, 0.6) is 5.75 Å². The average Bonchev–Trinajstić information content (AvgIpc) is 3.19. The Morgan fingerprint density at radius 2 is 1.77 bits per heavy atom. The van der Waals surface area contributed by atoms with Gasteiger partial charge in [-0.3, -0.25) is 4.90 Å². The number of para-hydroxylation sites is 1. The zero-order valence-corrected chi connectivity index (χ0v) is 24.7. The van der Waals surface area contributed by atoms with Crippen LogP contribution in [0.15, 0.2) is 36.4 Å². The van der Waals surface area contributed by atoms with Gasteiger partial charge in [0.1, 0.15) is 24.0 Å². The van der Waals surface area contributed by atoms with E-state index in [1.807, 2.05) is 36.1 Å². The minimum atomic E-state index is -1.95. The minimum absolute atomic E-state index is 0.0167.